The van der Waals surface area contributed by atoms with E-state index in [1.807, 2.05) is 6.92 Å². The minimum atomic E-state index is -3.41. The van der Waals surface area contributed by atoms with Gasteiger partial charge in [-0.15, -0.1) is 10.2 Å². The van der Waals surface area contributed by atoms with Crippen LogP contribution in [0.25, 0.3) is 0 Å². The van der Waals surface area contributed by atoms with Crippen molar-refractivity contribution < 1.29 is 16.8 Å². The highest BCUT2D eigenvalue weighted by Gasteiger charge is 2.31. The number of nitrogens with one attached hydrogen (secondary N) is 1. The Bertz CT molecular complexity index is 732. The fraction of sp³-hybridized carbons (Fsp3) is 0.692. The molecule has 2 heterocycles. The molecule has 1 atom stereocenters. The van der Waals surface area contributed by atoms with Gasteiger partial charge in [0.2, 0.25) is 10.0 Å². The Morgan fingerprint density at radius 1 is 1.35 bits per heavy atom. The maximum Gasteiger partial charge on any atom is 0.233 e. The van der Waals surface area contributed by atoms with Crippen LogP contribution < -0.4 is 9.62 Å². The van der Waals surface area contributed by atoms with Gasteiger partial charge in [-0.1, -0.05) is 13.3 Å². The summed E-state index contributed by atoms with van der Waals surface area (Å²) in [6.45, 7) is 1.92. The standard InChI is InChI=1S/C13H22N4O4S2/c1-3-4-8-23(20,21)16-12-5-6-13(15-14-12)17(2)11-7-9-22(18,19)10-11/h5-6,11H,3-4,7-10H2,1-2H3,(H,14,16). The normalized spacial score (nSPS) is 20.3. The molecule has 0 aliphatic carbocycles. The molecule has 0 aromatic carbocycles. The Balaban J connectivity index is 2.02. The number of rotatable bonds is 7. The van der Waals surface area contributed by atoms with Crippen LogP contribution in [0.5, 0.6) is 0 Å². The quantitative estimate of drug-likeness (QED) is 0.758. The molecule has 1 unspecified atom stereocenters. The van der Waals surface area contributed by atoms with E-state index in [0.29, 0.717) is 18.7 Å². The second-order valence-corrected chi connectivity index (χ2v) is 9.79. The summed E-state index contributed by atoms with van der Waals surface area (Å²) in [5.74, 6) is 1.02. The zero-order chi connectivity index (χ0) is 17.1. The first kappa shape index (κ1) is 17.9. The summed E-state index contributed by atoms with van der Waals surface area (Å²) in [7, 11) is -4.61. The predicted molar refractivity (Wildman–Crippen MR) is 89.8 cm³/mol. The molecule has 0 radical (unpaired) electrons. The highest BCUT2D eigenvalue weighted by atomic mass is 32.2. The molecule has 23 heavy (non-hydrogen) atoms. The highest BCUT2D eigenvalue weighted by Crippen LogP contribution is 2.21. The average Bonchev–Trinajstić information content (AvgIpc) is 2.85. The second-order valence-electron chi connectivity index (χ2n) is 5.72. The van der Waals surface area contributed by atoms with Gasteiger partial charge in [-0.2, -0.15) is 0 Å². The first-order valence-electron chi connectivity index (χ1n) is 7.50. The Morgan fingerprint density at radius 2 is 2.09 bits per heavy atom. The summed E-state index contributed by atoms with van der Waals surface area (Å²) in [5, 5.41) is 7.86. The Kier molecular flexibility index (Phi) is 5.45. The van der Waals surface area contributed by atoms with Gasteiger partial charge < -0.3 is 4.90 Å². The van der Waals surface area contributed by atoms with Crippen molar-refractivity contribution in [1.82, 2.24) is 10.2 Å². The molecule has 1 aliphatic heterocycles. The Morgan fingerprint density at radius 3 is 2.61 bits per heavy atom. The summed E-state index contributed by atoms with van der Waals surface area (Å²) in [6.07, 6.45) is 1.94. The van der Waals surface area contributed by atoms with Gasteiger partial charge in [0.25, 0.3) is 0 Å². The van der Waals surface area contributed by atoms with Gasteiger partial charge in [-0.25, -0.2) is 16.8 Å². The summed E-state index contributed by atoms with van der Waals surface area (Å²) in [6, 6.07) is 3.04. The van der Waals surface area contributed by atoms with Gasteiger partial charge in [0.15, 0.2) is 21.5 Å². The second kappa shape index (κ2) is 7.00. The minimum absolute atomic E-state index is 0.0484. The van der Waals surface area contributed by atoms with Crippen LogP contribution in [-0.4, -0.2) is 57.4 Å². The number of aromatic nitrogens is 2. The molecule has 1 fully saturated rings. The Labute approximate surface area is 137 Å². The van der Waals surface area contributed by atoms with Crippen LogP contribution in [0.1, 0.15) is 26.2 Å². The third-order valence-corrected chi connectivity index (χ3v) is 6.89. The minimum Gasteiger partial charge on any atom is -0.354 e. The van der Waals surface area contributed by atoms with E-state index in [0.717, 1.165) is 6.42 Å². The zero-order valence-corrected chi connectivity index (χ0v) is 14.9. The predicted octanol–water partition coefficient (Wildman–Crippen LogP) is 0.642. The summed E-state index contributed by atoms with van der Waals surface area (Å²) < 4.78 is 49.1. The first-order chi connectivity index (χ1) is 10.7. The third-order valence-electron chi connectivity index (χ3n) is 3.79. The van der Waals surface area contributed by atoms with E-state index in [1.165, 1.54) is 6.07 Å². The monoisotopic (exact) mass is 362 g/mol. The topological polar surface area (TPSA) is 109 Å². The zero-order valence-electron chi connectivity index (χ0n) is 13.3. The Hall–Kier alpha value is -1.42. The van der Waals surface area contributed by atoms with Crippen molar-refractivity contribution in [3.63, 3.8) is 0 Å². The van der Waals surface area contributed by atoms with Crippen molar-refractivity contribution in [2.75, 3.05) is 33.9 Å². The molecule has 1 aliphatic rings. The van der Waals surface area contributed by atoms with E-state index in [9.17, 15) is 16.8 Å². The van der Waals surface area contributed by atoms with E-state index in [4.69, 9.17) is 0 Å². The lowest BCUT2D eigenvalue weighted by Gasteiger charge is -2.23. The smallest absolute Gasteiger partial charge is 0.233 e. The van der Waals surface area contributed by atoms with Crippen molar-refractivity contribution in [1.29, 1.82) is 0 Å². The molecular formula is C13H22N4O4S2. The summed E-state index contributed by atoms with van der Waals surface area (Å²) >= 11 is 0. The fourth-order valence-corrected chi connectivity index (χ4v) is 5.35. The number of nitrogens with zero attached hydrogens (tertiary/aromatic N) is 3. The van der Waals surface area contributed by atoms with E-state index in [1.54, 1.807) is 18.0 Å². The van der Waals surface area contributed by atoms with Crippen LogP contribution in [0.3, 0.4) is 0 Å². The van der Waals surface area contributed by atoms with Gasteiger partial charge >= 0.3 is 0 Å². The lowest BCUT2D eigenvalue weighted by Crippen LogP contribution is -2.33. The van der Waals surface area contributed by atoms with Crippen LogP contribution in [-0.2, 0) is 19.9 Å². The molecule has 1 aromatic rings. The first-order valence-corrected chi connectivity index (χ1v) is 11.0. The van der Waals surface area contributed by atoms with E-state index in [-0.39, 0.29) is 29.1 Å². The number of hydrogen-bond donors (Lipinski definition) is 1. The van der Waals surface area contributed by atoms with Gasteiger partial charge in [-0.3, -0.25) is 4.72 Å². The van der Waals surface area contributed by atoms with Crippen LogP contribution >= 0.6 is 0 Å². The van der Waals surface area contributed by atoms with Crippen molar-refractivity contribution in [3.8, 4) is 0 Å². The van der Waals surface area contributed by atoms with Crippen molar-refractivity contribution in [2.45, 2.75) is 32.2 Å². The fourth-order valence-electron chi connectivity index (χ4n) is 2.38. The molecule has 0 amide bonds. The lowest BCUT2D eigenvalue weighted by atomic mass is 10.2. The van der Waals surface area contributed by atoms with Crippen LogP contribution in [0.4, 0.5) is 11.6 Å². The maximum atomic E-state index is 11.8. The molecule has 10 heteroatoms. The van der Waals surface area contributed by atoms with Crippen molar-refractivity contribution in [3.05, 3.63) is 12.1 Å². The number of anilines is 2. The van der Waals surface area contributed by atoms with Crippen molar-refractivity contribution >= 4 is 31.5 Å². The van der Waals surface area contributed by atoms with Crippen LogP contribution in [0, 0.1) is 0 Å². The number of sulfone groups is 1. The summed E-state index contributed by atoms with van der Waals surface area (Å²) in [5.41, 5.74) is 0. The third kappa shape index (κ3) is 5.03. The van der Waals surface area contributed by atoms with Gasteiger partial charge in [0.1, 0.15) is 0 Å². The summed E-state index contributed by atoms with van der Waals surface area (Å²) in [4.78, 5) is 1.77. The highest BCUT2D eigenvalue weighted by molar-refractivity contribution is 7.92. The molecule has 2 rings (SSSR count). The van der Waals surface area contributed by atoms with Gasteiger partial charge in [0, 0.05) is 13.1 Å². The number of sulfonamides is 1. The molecule has 0 saturated carbocycles. The number of hydrogen-bond acceptors (Lipinski definition) is 7. The molecule has 1 aromatic heterocycles. The average molecular weight is 362 g/mol. The van der Waals surface area contributed by atoms with E-state index >= 15 is 0 Å². The van der Waals surface area contributed by atoms with Crippen molar-refractivity contribution in [2.24, 2.45) is 0 Å². The van der Waals surface area contributed by atoms with Crippen LogP contribution in [0.15, 0.2) is 12.1 Å². The van der Waals surface area contributed by atoms with E-state index in [2.05, 4.69) is 14.9 Å². The molecule has 8 nitrogen and oxygen atoms in total. The molecule has 1 N–H and O–H groups in total. The molecular weight excluding hydrogens is 340 g/mol. The molecule has 0 bridgehead atoms. The molecule has 1 saturated heterocycles. The van der Waals surface area contributed by atoms with E-state index < -0.39 is 19.9 Å². The van der Waals surface area contributed by atoms with Gasteiger partial charge in [0.05, 0.1) is 17.3 Å². The van der Waals surface area contributed by atoms with Gasteiger partial charge in [-0.05, 0) is 25.0 Å². The number of unbranched alkanes of at least 4 members (excludes halogenated alkanes) is 1. The lowest BCUT2D eigenvalue weighted by molar-refractivity contribution is 0.596. The SMILES string of the molecule is CCCCS(=O)(=O)Nc1ccc(N(C)C2CCS(=O)(=O)C2)nn1. The largest absolute Gasteiger partial charge is 0.354 e. The van der Waals surface area contributed by atoms with Crippen LogP contribution in [0.2, 0.25) is 0 Å². The molecule has 0 spiro atoms. The maximum absolute atomic E-state index is 11.8. The molecule has 130 valence electrons.